The summed E-state index contributed by atoms with van der Waals surface area (Å²) in [4.78, 5) is 12.9. The number of nitrogens with two attached hydrogens (primary N) is 1. The molecule has 2 aliphatic rings. The molecule has 2 fully saturated rings. The maximum Gasteiger partial charge on any atom is 0.511 e. The number of nitrogens with one attached hydrogen (secondary N) is 3. The van der Waals surface area contributed by atoms with Gasteiger partial charge in [-0.15, -0.1) is 0 Å². The fourth-order valence-corrected chi connectivity index (χ4v) is 6.55. The average Bonchev–Trinajstić information content (AvgIpc) is 3.35. The predicted molar refractivity (Wildman–Crippen MR) is 155 cm³/mol. The third-order valence-corrected chi connectivity index (χ3v) is 9.50. The minimum atomic E-state index is -5.38. The number of amides is 1. The van der Waals surface area contributed by atoms with Crippen LogP contribution in [0.1, 0.15) is 30.0 Å². The van der Waals surface area contributed by atoms with Crippen LogP contribution in [0.15, 0.2) is 48.7 Å². The summed E-state index contributed by atoms with van der Waals surface area (Å²) in [5, 5.41) is 10.2. The summed E-state index contributed by atoms with van der Waals surface area (Å²) in [7, 11) is -5.38. The Balaban J connectivity index is 1.46. The van der Waals surface area contributed by atoms with Crippen molar-refractivity contribution in [3.63, 3.8) is 0 Å². The molecule has 0 spiro atoms. The fourth-order valence-electron chi connectivity index (χ4n) is 5.44. The number of aromatic nitrogens is 1. The molecule has 9 nitrogen and oxygen atoms in total. The van der Waals surface area contributed by atoms with Gasteiger partial charge in [0.2, 0.25) is 5.91 Å². The lowest BCUT2D eigenvalue weighted by Gasteiger charge is -2.32. The lowest BCUT2D eigenvalue weighted by atomic mass is 10.0. The first kappa shape index (κ1) is 29.5. The Morgan fingerprint density at radius 1 is 1.12 bits per heavy atom. The van der Waals surface area contributed by atoms with Crippen molar-refractivity contribution in [2.45, 2.75) is 37.0 Å². The molecule has 2 aromatic carbocycles. The maximum absolute atomic E-state index is 13.1. The lowest BCUT2D eigenvalue weighted by molar-refractivity contribution is -0.123. The Morgan fingerprint density at radius 2 is 1.88 bits per heavy atom. The number of fused-ring (bicyclic) bond motifs is 1. The number of piperazine rings is 1. The van der Waals surface area contributed by atoms with Crippen LogP contribution in [-0.4, -0.2) is 72.5 Å². The molecule has 2 aliphatic heterocycles. The third kappa shape index (κ3) is 6.11. The quantitative estimate of drug-likeness (QED) is 0.305. The van der Waals surface area contributed by atoms with Crippen molar-refractivity contribution in [2.75, 3.05) is 32.7 Å². The molecule has 1 aromatic heterocycles. The normalized spacial score (nSPS) is 19.3. The molecule has 0 aliphatic carbocycles. The number of piperidine rings is 1. The van der Waals surface area contributed by atoms with E-state index in [1.807, 2.05) is 53.2 Å². The summed E-state index contributed by atoms with van der Waals surface area (Å²) in [5.41, 5.74) is 4.67. The van der Waals surface area contributed by atoms with E-state index < -0.39 is 15.5 Å². The van der Waals surface area contributed by atoms with Gasteiger partial charge < -0.3 is 26.3 Å². The second-order valence-electron chi connectivity index (χ2n) is 10.3. The Hall–Kier alpha value is -3.04. The van der Waals surface area contributed by atoms with Crippen LogP contribution in [0, 0.1) is 0 Å². The number of thiocarbonyl (C=S) groups is 1. The topological polar surface area (TPSA) is 121 Å². The molecule has 0 saturated carbocycles. The molecular weight excluding hydrogens is 577 g/mol. The van der Waals surface area contributed by atoms with Gasteiger partial charge in [0.15, 0.2) is 0 Å². The van der Waals surface area contributed by atoms with E-state index in [0.717, 1.165) is 34.1 Å². The number of carbonyl (C=O) groups is 1. The summed E-state index contributed by atoms with van der Waals surface area (Å²) in [6.07, 6.45) is 2.38. The van der Waals surface area contributed by atoms with E-state index in [-0.39, 0.29) is 48.9 Å². The van der Waals surface area contributed by atoms with E-state index in [1.165, 1.54) is 0 Å². The number of benzene rings is 2. The van der Waals surface area contributed by atoms with Crippen molar-refractivity contribution in [3.05, 3.63) is 59.8 Å². The zero-order chi connectivity index (χ0) is 29.4. The van der Waals surface area contributed by atoms with Crippen LogP contribution in [0.4, 0.5) is 13.2 Å². The number of carbonyl (C=O) groups excluding carboxylic acids is 1. The van der Waals surface area contributed by atoms with Crippen molar-refractivity contribution in [2.24, 2.45) is 5.73 Å². The molecule has 220 valence electrons. The van der Waals surface area contributed by atoms with Crippen molar-refractivity contribution < 1.29 is 26.4 Å². The van der Waals surface area contributed by atoms with Gasteiger partial charge in [0.05, 0.1) is 6.04 Å². The van der Waals surface area contributed by atoms with Gasteiger partial charge in [0.25, 0.3) is 0 Å². The highest BCUT2D eigenvalue weighted by Gasteiger charge is 2.50. The highest BCUT2D eigenvalue weighted by molar-refractivity contribution is 7.90. The summed E-state index contributed by atoms with van der Waals surface area (Å²) in [6, 6.07) is 12.8. The van der Waals surface area contributed by atoms with Crippen LogP contribution in [0.25, 0.3) is 22.0 Å². The molecular formula is C27H31F3N6O3S2. The van der Waals surface area contributed by atoms with Crippen LogP contribution in [0.3, 0.4) is 0 Å². The van der Waals surface area contributed by atoms with Gasteiger partial charge in [-0.1, -0.05) is 42.5 Å². The number of halogens is 3. The largest absolute Gasteiger partial charge is 0.511 e. The average molecular weight is 609 g/mol. The molecule has 14 heteroatoms. The second-order valence-corrected chi connectivity index (χ2v) is 12.6. The molecule has 41 heavy (non-hydrogen) atoms. The first-order valence-corrected chi connectivity index (χ1v) is 15.1. The van der Waals surface area contributed by atoms with E-state index in [4.69, 9.17) is 18.0 Å². The third-order valence-electron chi connectivity index (χ3n) is 7.63. The standard InChI is InChI=1S/C27H31F3N6O3S2/c28-27(29,30)41(38,39)35-10-6-20(7-11-35)36-16-22(18-2-1-3-19(13-18)25(31)40)21-5-4-17(12-24(21)36)14-34-26(37)23-15-32-8-9-33-23/h1-5,12-13,16,20,23,32-33H,6-11,14-15H2,(H2,31,40)(H,34,37). The minimum absolute atomic E-state index is 0.110. The van der Waals surface area contributed by atoms with Crippen molar-refractivity contribution in [3.8, 4) is 11.1 Å². The van der Waals surface area contributed by atoms with Crippen LogP contribution < -0.4 is 21.7 Å². The predicted octanol–water partition coefficient (Wildman–Crippen LogP) is 2.61. The summed E-state index contributed by atoms with van der Waals surface area (Å²) in [5.74, 6) is -0.110. The Morgan fingerprint density at radius 3 is 2.54 bits per heavy atom. The fraction of sp³-hybridized carbons (Fsp3) is 0.407. The minimum Gasteiger partial charge on any atom is -0.389 e. The van der Waals surface area contributed by atoms with Gasteiger partial charge in [0.1, 0.15) is 4.99 Å². The smallest absolute Gasteiger partial charge is 0.389 e. The lowest BCUT2D eigenvalue weighted by Crippen LogP contribution is -2.55. The Labute approximate surface area is 241 Å². The van der Waals surface area contributed by atoms with Crippen molar-refractivity contribution >= 4 is 44.0 Å². The number of rotatable bonds is 7. The Bertz CT molecular complexity index is 1560. The molecule has 1 unspecified atom stereocenters. The van der Waals surface area contributed by atoms with Crippen LogP contribution >= 0.6 is 12.2 Å². The van der Waals surface area contributed by atoms with Crippen LogP contribution in [-0.2, 0) is 21.4 Å². The number of alkyl halides is 3. The molecule has 2 saturated heterocycles. The van der Waals surface area contributed by atoms with Crippen LogP contribution in [0.5, 0.6) is 0 Å². The number of nitrogens with zero attached hydrogens (tertiary/aromatic N) is 2. The van der Waals surface area contributed by atoms with Crippen molar-refractivity contribution in [1.82, 2.24) is 24.8 Å². The number of sulfonamides is 1. The van der Waals surface area contributed by atoms with E-state index in [9.17, 15) is 26.4 Å². The van der Waals surface area contributed by atoms with Crippen LogP contribution in [0.2, 0.25) is 0 Å². The van der Waals surface area contributed by atoms with Gasteiger partial charge >= 0.3 is 15.5 Å². The van der Waals surface area contributed by atoms with E-state index in [1.54, 1.807) is 0 Å². The zero-order valence-electron chi connectivity index (χ0n) is 22.1. The van der Waals surface area contributed by atoms with Gasteiger partial charge in [-0.05, 0) is 36.1 Å². The molecule has 0 radical (unpaired) electrons. The highest BCUT2D eigenvalue weighted by atomic mass is 32.2. The van der Waals surface area contributed by atoms with Gasteiger partial charge in [-0.25, -0.2) is 8.42 Å². The molecule has 1 atom stereocenters. The molecule has 3 aromatic rings. The molecule has 5 N–H and O–H groups in total. The highest BCUT2D eigenvalue weighted by Crippen LogP contribution is 2.38. The Kier molecular flexibility index (Phi) is 8.39. The molecule has 3 heterocycles. The summed E-state index contributed by atoms with van der Waals surface area (Å²) < 4.78 is 65.8. The first-order chi connectivity index (χ1) is 19.5. The van der Waals surface area contributed by atoms with E-state index >= 15 is 0 Å². The van der Waals surface area contributed by atoms with E-state index in [0.29, 0.717) is 29.5 Å². The first-order valence-electron chi connectivity index (χ1n) is 13.3. The number of hydrogen-bond donors (Lipinski definition) is 4. The molecule has 1 amide bonds. The summed E-state index contributed by atoms with van der Waals surface area (Å²) in [6.45, 7) is 1.88. The monoisotopic (exact) mass is 608 g/mol. The number of hydrogen-bond acceptors (Lipinski definition) is 6. The van der Waals surface area contributed by atoms with Gasteiger partial charge in [-0.3, -0.25) is 4.79 Å². The van der Waals surface area contributed by atoms with E-state index in [2.05, 4.69) is 16.0 Å². The molecule has 5 rings (SSSR count). The van der Waals surface area contributed by atoms with Crippen molar-refractivity contribution in [1.29, 1.82) is 0 Å². The zero-order valence-corrected chi connectivity index (χ0v) is 23.7. The SMILES string of the molecule is NC(=S)c1cccc(-c2cn(C3CCN(S(=O)(=O)C(F)(F)F)CC3)c3cc(CNC(=O)C4CNCCN4)ccc23)c1. The second kappa shape index (κ2) is 11.7. The van der Waals surface area contributed by atoms with Gasteiger partial charge in [0, 0.05) is 73.5 Å². The summed E-state index contributed by atoms with van der Waals surface area (Å²) >= 11 is 5.15. The van der Waals surface area contributed by atoms with Gasteiger partial charge in [-0.2, -0.15) is 17.5 Å². The molecule has 0 bridgehead atoms. The maximum atomic E-state index is 13.1.